The highest BCUT2D eigenvalue weighted by Gasteiger charge is 1.92. The van der Waals surface area contributed by atoms with Gasteiger partial charge in [0.2, 0.25) is 0 Å². The van der Waals surface area contributed by atoms with Gasteiger partial charge in [-0.25, -0.2) is 0 Å². The van der Waals surface area contributed by atoms with E-state index in [1.165, 1.54) is 0 Å². The third kappa shape index (κ3) is 2.45. The van der Waals surface area contributed by atoms with E-state index in [1.54, 1.807) is 6.92 Å². The van der Waals surface area contributed by atoms with Gasteiger partial charge in [-0.15, -0.1) is 0 Å². The molecule has 0 aliphatic heterocycles. The van der Waals surface area contributed by atoms with Gasteiger partial charge in [-0.2, -0.15) is 0 Å². The molecule has 0 amide bonds. The molecule has 0 fully saturated rings. The fraction of sp³-hybridized carbons (Fsp3) is 1.00. The predicted molar refractivity (Wildman–Crippen MR) is 23.5 cm³/mol. The summed E-state index contributed by atoms with van der Waals surface area (Å²) < 4.78 is 4.12. The topological polar surface area (TPSA) is 29.5 Å². The van der Waals surface area contributed by atoms with Crippen molar-refractivity contribution >= 4 is 11.9 Å². The molecule has 0 heterocycles. The molecule has 0 rings (SSSR count). The Hall–Kier alpha value is 0.210. The van der Waals surface area contributed by atoms with E-state index >= 15 is 0 Å². The van der Waals surface area contributed by atoms with Crippen LogP contribution in [0.3, 0.4) is 0 Å². The third-order valence-corrected chi connectivity index (χ3v) is 0.713. The van der Waals surface area contributed by atoms with Crippen LogP contribution in [0, 0.1) is 0 Å². The molecule has 0 saturated carbocycles. The SMILES string of the molecule is CC(CO)OCl. The van der Waals surface area contributed by atoms with Crippen LogP contribution in [0.2, 0.25) is 0 Å². The maximum absolute atomic E-state index is 8.13. The molecule has 0 aromatic heterocycles. The van der Waals surface area contributed by atoms with Crippen LogP contribution >= 0.6 is 11.9 Å². The number of aliphatic hydroxyl groups excluding tert-OH is 1. The lowest BCUT2D eigenvalue weighted by atomic mass is 10.5. The van der Waals surface area contributed by atoms with Gasteiger partial charge in [0.25, 0.3) is 0 Å². The van der Waals surface area contributed by atoms with Crippen molar-refractivity contribution in [1.29, 1.82) is 0 Å². The quantitative estimate of drug-likeness (QED) is 0.562. The molecule has 6 heavy (non-hydrogen) atoms. The highest BCUT2D eigenvalue weighted by Crippen LogP contribution is 1.89. The Bertz CT molecular complexity index is 28.0. The number of hydrogen-bond donors (Lipinski definition) is 1. The first-order chi connectivity index (χ1) is 2.81. The zero-order valence-corrected chi connectivity index (χ0v) is 4.27. The number of aliphatic hydroxyl groups is 1. The highest BCUT2D eigenvalue weighted by atomic mass is 35.5. The summed E-state index contributed by atoms with van der Waals surface area (Å²) in [4.78, 5) is 0. The second-order valence-corrected chi connectivity index (χ2v) is 1.26. The third-order valence-electron chi connectivity index (χ3n) is 0.409. The summed E-state index contributed by atoms with van der Waals surface area (Å²) in [7, 11) is 0. The van der Waals surface area contributed by atoms with E-state index in [-0.39, 0.29) is 12.7 Å². The Kier molecular flexibility index (Phi) is 3.52. The largest absolute Gasteiger partial charge is 0.394 e. The molecule has 0 saturated heterocycles. The monoisotopic (exact) mass is 110 g/mol. The molecule has 0 aromatic carbocycles. The molecule has 0 radical (unpaired) electrons. The number of rotatable bonds is 2. The molecular weight excluding hydrogens is 103 g/mol. The zero-order chi connectivity index (χ0) is 4.99. The van der Waals surface area contributed by atoms with Crippen molar-refractivity contribution in [2.45, 2.75) is 13.0 Å². The van der Waals surface area contributed by atoms with Crippen LogP contribution < -0.4 is 0 Å². The Balaban J connectivity index is 2.75. The van der Waals surface area contributed by atoms with E-state index in [0.717, 1.165) is 0 Å². The summed E-state index contributed by atoms with van der Waals surface area (Å²) in [5.74, 6) is 0. The number of halogens is 1. The molecule has 0 aromatic rings. The van der Waals surface area contributed by atoms with Gasteiger partial charge in [0.05, 0.1) is 24.6 Å². The first-order valence-electron chi connectivity index (χ1n) is 1.69. The van der Waals surface area contributed by atoms with Crippen LogP contribution in [0.1, 0.15) is 6.92 Å². The van der Waals surface area contributed by atoms with E-state index in [0.29, 0.717) is 0 Å². The Morgan fingerprint density at radius 2 is 2.50 bits per heavy atom. The zero-order valence-electron chi connectivity index (χ0n) is 3.52. The van der Waals surface area contributed by atoms with Crippen LogP contribution in [0.15, 0.2) is 0 Å². The highest BCUT2D eigenvalue weighted by molar-refractivity contribution is 6.07. The maximum atomic E-state index is 8.13. The standard InChI is InChI=1S/C3H7ClO2/c1-3(2-5)6-4/h3,5H,2H2,1H3. The smallest absolute Gasteiger partial charge is 0.0992 e. The minimum atomic E-state index is -0.244. The minimum absolute atomic E-state index is 0.0243. The first kappa shape index (κ1) is 6.21. The molecule has 0 spiro atoms. The molecule has 1 unspecified atom stereocenters. The fourth-order valence-corrected chi connectivity index (χ4v) is 0.0845. The lowest BCUT2D eigenvalue weighted by Crippen LogP contribution is -2.05. The van der Waals surface area contributed by atoms with E-state index in [9.17, 15) is 0 Å². The summed E-state index contributed by atoms with van der Waals surface area (Å²) in [6.07, 6.45) is -0.244. The molecule has 3 heteroatoms. The van der Waals surface area contributed by atoms with Crippen molar-refractivity contribution in [3.8, 4) is 0 Å². The average molecular weight is 111 g/mol. The lowest BCUT2D eigenvalue weighted by Gasteiger charge is -1.97. The molecule has 0 aliphatic carbocycles. The van der Waals surface area contributed by atoms with Gasteiger partial charge in [0.1, 0.15) is 0 Å². The maximum Gasteiger partial charge on any atom is 0.0992 e. The van der Waals surface area contributed by atoms with Crippen LogP contribution in [0.25, 0.3) is 0 Å². The summed E-state index contributed by atoms with van der Waals surface area (Å²) in [5, 5.41) is 8.13. The van der Waals surface area contributed by atoms with Gasteiger partial charge >= 0.3 is 0 Å². The van der Waals surface area contributed by atoms with Crippen molar-refractivity contribution in [1.82, 2.24) is 0 Å². The minimum Gasteiger partial charge on any atom is -0.394 e. The molecule has 38 valence electrons. The van der Waals surface area contributed by atoms with Crippen molar-refractivity contribution < 1.29 is 9.40 Å². The molecule has 1 atom stereocenters. The fourth-order valence-electron chi connectivity index (χ4n) is 0.0282. The normalized spacial score (nSPS) is 14.5. The van der Waals surface area contributed by atoms with Gasteiger partial charge in [-0.05, 0) is 6.92 Å². The summed E-state index contributed by atoms with van der Waals surface area (Å²) in [5.41, 5.74) is 0. The van der Waals surface area contributed by atoms with Crippen LogP contribution in [0.5, 0.6) is 0 Å². The van der Waals surface area contributed by atoms with E-state index in [1.807, 2.05) is 0 Å². The average Bonchev–Trinajstić information content (AvgIpc) is 1.65. The van der Waals surface area contributed by atoms with Gasteiger partial charge in [-0.3, -0.25) is 4.29 Å². The van der Waals surface area contributed by atoms with Crippen LogP contribution in [0.4, 0.5) is 0 Å². The summed E-state index contributed by atoms with van der Waals surface area (Å²) >= 11 is 4.79. The Morgan fingerprint density at radius 1 is 2.00 bits per heavy atom. The molecule has 0 bridgehead atoms. The Labute approximate surface area is 41.9 Å². The van der Waals surface area contributed by atoms with Gasteiger partial charge in [0, 0.05) is 0 Å². The summed E-state index contributed by atoms with van der Waals surface area (Å²) in [6, 6.07) is 0. The Morgan fingerprint density at radius 3 is 2.50 bits per heavy atom. The van der Waals surface area contributed by atoms with Crippen LogP contribution in [-0.4, -0.2) is 17.8 Å². The van der Waals surface area contributed by atoms with Crippen molar-refractivity contribution in [3.63, 3.8) is 0 Å². The second-order valence-electron chi connectivity index (χ2n) is 1.08. The van der Waals surface area contributed by atoms with Gasteiger partial charge in [0.15, 0.2) is 0 Å². The number of hydrogen-bond acceptors (Lipinski definition) is 2. The molecular formula is C3H7ClO2. The van der Waals surface area contributed by atoms with Gasteiger partial charge in [-0.1, -0.05) is 0 Å². The van der Waals surface area contributed by atoms with E-state index < -0.39 is 0 Å². The molecule has 1 N–H and O–H groups in total. The predicted octanol–water partition coefficient (Wildman–Crippen LogP) is 0.538. The van der Waals surface area contributed by atoms with Crippen LogP contribution in [-0.2, 0) is 4.29 Å². The van der Waals surface area contributed by atoms with E-state index in [4.69, 9.17) is 17.0 Å². The van der Waals surface area contributed by atoms with Crippen molar-refractivity contribution in [2.75, 3.05) is 6.61 Å². The van der Waals surface area contributed by atoms with E-state index in [2.05, 4.69) is 4.29 Å². The lowest BCUT2D eigenvalue weighted by molar-refractivity contribution is 0.140. The molecule has 2 nitrogen and oxygen atoms in total. The molecule has 0 aliphatic rings. The second kappa shape index (κ2) is 3.40. The van der Waals surface area contributed by atoms with Crippen molar-refractivity contribution in [2.24, 2.45) is 0 Å². The van der Waals surface area contributed by atoms with Crippen molar-refractivity contribution in [3.05, 3.63) is 0 Å². The van der Waals surface area contributed by atoms with Gasteiger partial charge < -0.3 is 5.11 Å². The first-order valence-corrected chi connectivity index (χ1v) is 2.00. The summed E-state index contributed by atoms with van der Waals surface area (Å²) in [6.45, 7) is 1.65.